The SMILES string of the molecule is Cc1cc(F)ccc1N1N=C(C(F)(F)F)C(C)C1=O. The second kappa shape index (κ2) is 4.32. The Labute approximate surface area is 106 Å². The van der Waals surface area contributed by atoms with E-state index in [-0.39, 0.29) is 5.69 Å². The highest BCUT2D eigenvalue weighted by atomic mass is 19.4. The summed E-state index contributed by atoms with van der Waals surface area (Å²) in [6.45, 7) is 2.64. The Bertz CT molecular complexity index is 565. The highest BCUT2D eigenvalue weighted by molar-refractivity contribution is 6.17. The molecule has 1 heterocycles. The van der Waals surface area contributed by atoms with Crippen LogP contribution < -0.4 is 5.01 Å². The zero-order chi connectivity index (χ0) is 14.4. The fraction of sp³-hybridized carbons (Fsp3) is 0.333. The Hall–Kier alpha value is -1.92. The minimum atomic E-state index is -4.65. The summed E-state index contributed by atoms with van der Waals surface area (Å²) in [4.78, 5) is 11.8. The predicted molar refractivity (Wildman–Crippen MR) is 61.3 cm³/mol. The van der Waals surface area contributed by atoms with Crippen molar-refractivity contribution in [1.82, 2.24) is 0 Å². The fourth-order valence-electron chi connectivity index (χ4n) is 1.88. The van der Waals surface area contributed by atoms with E-state index in [1.54, 1.807) is 0 Å². The van der Waals surface area contributed by atoms with Gasteiger partial charge in [0.2, 0.25) is 0 Å². The van der Waals surface area contributed by atoms with E-state index in [2.05, 4.69) is 5.10 Å². The Morgan fingerprint density at radius 1 is 1.32 bits per heavy atom. The molecule has 1 aromatic carbocycles. The van der Waals surface area contributed by atoms with Gasteiger partial charge in [0.25, 0.3) is 5.91 Å². The number of benzene rings is 1. The quantitative estimate of drug-likeness (QED) is 0.724. The summed E-state index contributed by atoms with van der Waals surface area (Å²) in [5.74, 6) is -2.66. The van der Waals surface area contributed by atoms with Crippen LogP contribution in [0.25, 0.3) is 0 Å². The van der Waals surface area contributed by atoms with E-state index in [9.17, 15) is 22.4 Å². The van der Waals surface area contributed by atoms with Crippen LogP contribution in [-0.4, -0.2) is 17.8 Å². The third-order valence-electron chi connectivity index (χ3n) is 2.87. The molecule has 3 nitrogen and oxygen atoms in total. The highest BCUT2D eigenvalue weighted by Gasteiger charge is 2.48. The summed E-state index contributed by atoms with van der Waals surface area (Å²) in [5.41, 5.74) is -0.647. The minimum Gasteiger partial charge on any atom is -0.272 e. The van der Waals surface area contributed by atoms with Crippen molar-refractivity contribution in [3.63, 3.8) is 0 Å². The first kappa shape index (κ1) is 13.5. The molecule has 0 saturated heterocycles. The van der Waals surface area contributed by atoms with Gasteiger partial charge in [-0.1, -0.05) is 0 Å². The van der Waals surface area contributed by atoms with Crippen LogP contribution in [0, 0.1) is 18.7 Å². The number of carbonyl (C=O) groups is 1. The van der Waals surface area contributed by atoms with E-state index in [1.165, 1.54) is 13.0 Å². The number of aryl methyl sites for hydroxylation is 1. The Morgan fingerprint density at radius 2 is 1.95 bits per heavy atom. The van der Waals surface area contributed by atoms with Crippen LogP contribution in [0.5, 0.6) is 0 Å². The maximum Gasteiger partial charge on any atom is 0.432 e. The number of rotatable bonds is 1. The van der Waals surface area contributed by atoms with Gasteiger partial charge in [-0.2, -0.15) is 23.3 Å². The zero-order valence-electron chi connectivity index (χ0n) is 10.1. The second-order valence-corrected chi connectivity index (χ2v) is 4.29. The maximum absolute atomic E-state index is 13.0. The smallest absolute Gasteiger partial charge is 0.272 e. The third kappa shape index (κ3) is 2.32. The minimum absolute atomic E-state index is 0.150. The molecule has 0 aromatic heterocycles. The Morgan fingerprint density at radius 3 is 2.42 bits per heavy atom. The molecule has 7 heteroatoms. The molecule has 1 amide bonds. The van der Waals surface area contributed by atoms with Gasteiger partial charge in [-0.25, -0.2) is 4.39 Å². The molecule has 19 heavy (non-hydrogen) atoms. The van der Waals surface area contributed by atoms with E-state index in [0.717, 1.165) is 19.1 Å². The van der Waals surface area contributed by atoms with E-state index >= 15 is 0 Å². The molecule has 1 aliphatic rings. The summed E-state index contributed by atoms with van der Waals surface area (Å²) in [5, 5.41) is 4.02. The van der Waals surface area contributed by atoms with Gasteiger partial charge in [0, 0.05) is 0 Å². The highest BCUT2D eigenvalue weighted by Crippen LogP contribution is 2.32. The fourth-order valence-corrected chi connectivity index (χ4v) is 1.88. The van der Waals surface area contributed by atoms with Crippen LogP contribution in [0.2, 0.25) is 0 Å². The van der Waals surface area contributed by atoms with Crippen molar-refractivity contribution in [2.24, 2.45) is 11.0 Å². The zero-order valence-corrected chi connectivity index (χ0v) is 10.1. The van der Waals surface area contributed by atoms with Crippen molar-refractivity contribution >= 4 is 17.3 Å². The van der Waals surface area contributed by atoms with E-state index in [4.69, 9.17) is 0 Å². The number of carbonyl (C=O) groups excluding carboxylic acids is 1. The van der Waals surface area contributed by atoms with E-state index in [1.807, 2.05) is 0 Å². The molecule has 2 rings (SSSR count). The molecule has 0 saturated carbocycles. The lowest BCUT2D eigenvalue weighted by Crippen LogP contribution is -2.31. The number of amides is 1. The average Bonchev–Trinajstić information content (AvgIpc) is 2.56. The number of alkyl halides is 3. The summed E-state index contributed by atoms with van der Waals surface area (Å²) < 4.78 is 51.0. The van der Waals surface area contributed by atoms with Gasteiger partial charge in [-0.15, -0.1) is 0 Å². The lowest BCUT2D eigenvalue weighted by molar-refractivity contribution is -0.120. The van der Waals surface area contributed by atoms with Crippen molar-refractivity contribution in [3.05, 3.63) is 29.6 Å². The van der Waals surface area contributed by atoms with Crippen molar-refractivity contribution in [2.75, 3.05) is 5.01 Å². The van der Waals surface area contributed by atoms with Gasteiger partial charge in [0.15, 0.2) is 5.71 Å². The molecule has 0 aliphatic carbocycles. The summed E-state index contributed by atoms with van der Waals surface area (Å²) in [7, 11) is 0. The number of halogens is 4. The van der Waals surface area contributed by atoms with Gasteiger partial charge in [0.05, 0.1) is 11.6 Å². The molecule has 102 valence electrons. The van der Waals surface area contributed by atoms with Crippen LogP contribution in [0.4, 0.5) is 23.2 Å². The number of nitrogens with zero attached hydrogens (tertiary/aromatic N) is 2. The summed E-state index contributed by atoms with van der Waals surface area (Å²) in [6.07, 6.45) is -4.65. The van der Waals surface area contributed by atoms with E-state index < -0.39 is 29.5 Å². The molecule has 0 radical (unpaired) electrons. The first-order valence-electron chi connectivity index (χ1n) is 5.47. The second-order valence-electron chi connectivity index (χ2n) is 4.29. The van der Waals surface area contributed by atoms with Crippen molar-refractivity contribution < 1.29 is 22.4 Å². The molecule has 1 aromatic rings. The standard InChI is InChI=1S/C12H10F4N2O/c1-6-5-8(13)3-4-9(6)18-11(19)7(2)10(17-18)12(14,15)16/h3-5,7H,1-2H3. The first-order chi connectivity index (χ1) is 8.71. The Kier molecular flexibility index (Phi) is 3.07. The number of anilines is 1. The molecule has 0 spiro atoms. The molecule has 0 fully saturated rings. The van der Waals surface area contributed by atoms with Crippen molar-refractivity contribution in [1.29, 1.82) is 0 Å². The van der Waals surface area contributed by atoms with Gasteiger partial charge in [-0.05, 0) is 37.6 Å². The maximum atomic E-state index is 13.0. The number of hydrogen-bond acceptors (Lipinski definition) is 2. The Balaban J connectivity index is 2.46. The van der Waals surface area contributed by atoms with Gasteiger partial charge in [0.1, 0.15) is 5.82 Å². The topological polar surface area (TPSA) is 32.7 Å². The molecular formula is C12H10F4N2O. The van der Waals surface area contributed by atoms with Crippen LogP contribution in [-0.2, 0) is 4.79 Å². The van der Waals surface area contributed by atoms with E-state index in [0.29, 0.717) is 10.6 Å². The normalized spacial score (nSPS) is 19.9. The lowest BCUT2D eigenvalue weighted by atomic mass is 10.1. The van der Waals surface area contributed by atoms with Crippen LogP contribution >= 0.6 is 0 Å². The lowest BCUT2D eigenvalue weighted by Gasteiger charge is -2.15. The largest absolute Gasteiger partial charge is 0.432 e. The average molecular weight is 274 g/mol. The van der Waals surface area contributed by atoms with Crippen molar-refractivity contribution in [2.45, 2.75) is 20.0 Å². The molecule has 1 aliphatic heterocycles. The van der Waals surface area contributed by atoms with Crippen LogP contribution in [0.15, 0.2) is 23.3 Å². The summed E-state index contributed by atoms with van der Waals surface area (Å²) in [6, 6.07) is 3.44. The summed E-state index contributed by atoms with van der Waals surface area (Å²) >= 11 is 0. The monoisotopic (exact) mass is 274 g/mol. The molecule has 0 bridgehead atoms. The van der Waals surface area contributed by atoms with Gasteiger partial charge >= 0.3 is 6.18 Å². The van der Waals surface area contributed by atoms with Gasteiger partial charge < -0.3 is 0 Å². The third-order valence-corrected chi connectivity index (χ3v) is 2.87. The van der Waals surface area contributed by atoms with Crippen LogP contribution in [0.3, 0.4) is 0 Å². The number of hydrazone groups is 1. The van der Waals surface area contributed by atoms with Crippen LogP contribution in [0.1, 0.15) is 12.5 Å². The van der Waals surface area contributed by atoms with Crippen molar-refractivity contribution in [3.8, 4) is 0 Å². The first-order valence-corrected chi connectivity index (χ1v) is 5.47. The molecular weight excluding hydrogens is 264 g/mol. The van der Waals surface area contributed by atoms with Gasteiger partial charge in [-0.3, -0.25) is 4.79 Å². The molecule has 0 N–H and O–H groups in total. The molecule has 1 unspecified atom stereocenters. The molecule has 1 atom stereocenters. The number of hydrogen-bond donors (Lipinski definition) is 0. The predicted octanol–water partition coefficient (Wildman–Crippen LogP) is 3.04.